The first kappa shape index (κ1) is 21.8. The van der Waals surface area contributed by atoms with Crippen molar-refractivity contribution in [3.05, 3.63) is 71.8 Å². The Morgan fingerprint density at radius 1 is 1.10 bits per heavy atom. The second-order valence-corrected chi connectivity index (χ2v) is 7.19. The number of piperidine rings is 1. The highest BCUT2D eigenvalue weighted by Gasteiger charge is 2.28. The summed E-state index contributed by atoms with van der Waals surface area (Å²) < 4.78 is 5.14. The zero-order chi connectivity index (χ0) is 22.1. The molecule has 0 aromatic heterocycles. The van der Waals surface area contributed by atoms with Crippen LogP contribution >= 0.6 is 0 Å². The van der Waals surface area contributed by atoms with Crippen molar-refractivity contribution in [2.45, 2.75) is 12.8 Å². The molecular weight excluding hydrogens is 394 g/mol. The van der Waals surface area contributed by atoms with Crippen LogP contribution in [0.4, 0.5) is 5.69 Å². The van der Waals surface area contributed by atoms with E-state index in [9.17, 15) is 14.4 Å². The number of anilines is 1. The summed E-state index contributed by atoms with van der Waals surface area (Å²) in [6, 6.07) is 18.0. The fourth-order valence-corrected chi connectivity index (χ4v) is 3.29. The van der Waals surface area contributed by atoms with E-state index in [1.54, 1.807) is 41.3 Å². The Morgan fingerprint density at radius 2 is 1.84 bits per heavy atom. The van der Waals surface area contributed by atoms with Gasteiger partial charge in [-0.2, -0.15) is 5.26 Å². The standard InChI is InChI=1S/C24H23N3O4/c25-16-19-7-4-8-21(15-19)26-22(28)17-31-24(30)20-11-13-27(14-12-20)23(29)10-9-18-5-2-1-3-6-18/h1-10,15,20H,11-14,17H2,(H,26,28)/b10-9+. The molecule has 0 aliphatic carbocycles. The highest BCUT2D eigenvalue weighted by molar-refractivity contribution is 5.93. The Morgan fingerprint density at radius 3 is 2.55 bits per heavy atom. The van der Waals surface area contributed by atoms with Crippen molar-refractivity contribution in [3.8, 4) is 6.07 Å². The molecule has 0 saturated carbocycles. The molecule has 1 fully saturated rings. The lowest BCUT2D eigenvalue weighted by atomic mass is 9.97. The molecule has 2 amide bonds. The molecule has 158 valence electrons. The Kier molecular flexibility index (Phi) is 7.55. The Bertz CT molecular complexity index is 1000. The molecule has 1 aliphatic heterocycles. The molecule has 0 bridgehead atoms. The summed E-state index contributed by atoms with van der Waals surface area (Å²) in [5.74, 6) is -1.33. The summed E-state index contributed by atoms with van der Waals surface area (Å²) in [5, 5.41) is 11.5. The van der Waals surface area contributed by atoms with Crippen LogP contribution in [0.1, 0.15) is 24.0 Å². The van der Waals surface area contributed by atoms with Gasteiger partial charge >= 0.3 is 5.97 Å². The number of benzene rings is 2. The largest absolute Gasteiger partial charge is 0.455 e. The van der Waals surface area contributed by atoms with Gasteiger partial charge in [0.05, 0.1) is 17.6 Å². The van der Waals surface area contributed by atoms with Crippen molar-refractivity contribution in [3.63, 3.8) is 0 Å². The minimum Gasteiger partial charge on any atom is -0.455 e. The van der Waals surface area contributed by atoms with Gasteiger partial charge in [-0.3, -0.25) is 14.4 Å². The summed E-state index contributed by atoms with van der Waals surface area (Å²) in [5.41, 5.74) is 1.84. The summed E-state index contributed by atoms with van der Waals surface area (Å²) in [4.78, 5) is 38.3. The molecule has 3 rings (SSSR count). The number of amides is 2. The minimum absolute atomic E-state index is 0.0883. The Balaban J connectivity index is 1.40. The monoisotopic (exact) mass is 417 g/mol. The lowest BCUT2D eigenvalue weighted by Gasteiger charge is -2.30. The maximum absolute atomic E-state index is 12.3. The van der Waals surface area contributed by atoms with Gasteiger partial charge in [-0.15, -0.1) is 0 Å². The van der Waals surface area contributed by atoms with Crippen molar-refractivity contribution in [1.82, 2.24) is 4.90 Å². The minimum atomic E-state index is -0.470. The first-order valence-electron chi connectivity index (χ1n) is 10.0. The van der Waals surface area contributed by atoms with E-state index in [4.69, 9.17) is 10.00 Å². The molecule has 1 heterocycles. The highest BCUT2D eigenvalue weighted by atomic mass is 16.5. The van der Waals surface area contributed by atoms with E-state index in [1.165, 1.54) is 0 Å². The predicted octanol–water partition coefficient (Wildman–Crippen LogP) is 2.99. The normalized spacial score (nSPS) is 14.1. The second-order valence-electron chi connectivity index (χ2n) is 7.19. The lowest BCUT2D eigenvalue weighted by molar-refractivity contribution is -0.153. The number of ether oxygens (including phenoxy) is 1. The topological polar surface area (TPSA) is 99.5 Å². The number of carbonyl (C=O) groups excluding carboxylic acids is 3. The quantitative estimate of drug-likeness (QED) is 0.575. The Hall–Kier alpha value is -3.92. The average Bonchev–Trinajstić information content (AvgIpc) is 2.82. The van der Waals surface area contributed by atoms with E-state index < -0.39 is 18.5 Å². The number of nitrogens with zero attached hydrogens (tertiary/aromatic N) is 2. The fraction of sp³-hybridized carbons (Fsp3) is 0.250. The number of nitriles is 1. The zero-order valence-corrected chi connectivity index (χ0v) is 17.0. The molecule has 0 spiro atoms. The van der Waals surface area contributed by atoms with Gasteiger partial charge in [0.2, 0.25) is 5.91 Å². The molecule has 2 aromatic carbocycles. The third-order valence-electron chi connectivity index (χ3n) is 4.98. The van der Waals surface area contributed by atoms with Crippen LogP contribution in [0.3, 0.4) is 0 Å². The summed E-state index contributed by atoms with van der Waals surface area (Å²) in [6.07, 6.45) is 4.30. The first-order valence-corrected chi connectivity index (χ1v) is 10.0. The third-order valence-corrected chi connectivity index (χ3v) is 4.98. The van der Waals surface area contributed by atoms with Crippen LogP contribution in [0.5, 0.6) is 0 Å². The van der Waals surface area contributed by atoms with E-state index in [0.29, 0.717) is 37.2 Å². The van der Waals surface area contributed by atoms with Crippen LogP contribution in [-0.4, -0.2) is 42.4 Å². The number of hydrogen-bond acceptors (Lipinski definition) is 5. The van der Waals surface area contributed by atoms with Crippen LogP contribution in [0, 0.1) is 17.2 Å². The molecule has 0 atom stereocenters. The van der Waals surface area contributed by atoms with E-state index in [0.717, 1.165) is 5.56 Å². The molecule has 2 aromatic rings. The molecule has 0 unspecified atom stereocenters. The zero-order valence-electron chi connectivity index (χ0n) is 17.0. The third kappa shape index (κ3) is 6.54. The summed E-state index contributed by atoms with van der Waals surface area (Å²) in [7, 11) is 0. The van der Waals surface area contributed by atoms with E-state index >= 15 is 0 Å². The van der Waals surface area contributed by atoms with Crippen LogP contribution in [0.2, 0.25) is 0 Å². The molecular formula is C24H23N3O4. The number of nitrogens with one attached hydrogen (secondary N) is 1. The number of hydrogen-bond donors (Lipinski definition) is 1. The van der Waals surface area contributed by atoms with Crippen LogP contribution in [-0.2, 0) is 19.1 Å². The smallest absolute Gasteiger partial charge is 0.309 e. The van der Waals surface area contributed by atoms with Gasteiger partial charge < -0.3 is 15.0 Å². The van der Waals surface area contributed by atoms with Crippen molar-refractivity contribution in [2.75, 3.05) is 25.0 Å². The van der Waals surface area contributed by atoms with Crippen LogP contribution in [0.15, 0.2) is 60.7 Å². The highest BCUT2D eigenvalue weighted by Crippen LogP contribution is 2.19. The van der Waals surface area contributed by atoms with Crippen LogP contribution < -0.4 is 5.32 Å². The van der Waals surface area contributed by atoms with Gasteiger partial charge in [0.25, 0.3) is 5.91 Å². The number of likely N-dealkylation sites (tertiary alicyclic amines) is 1. The molecule has 1 aliphatic rings. The summed E-state index contributed by atoms with van der Waals surface area (Å²) in [6.45, 7) is 0.532. The van der Waals surface area contributed by atoms with Gasteiger partial charge in [-0.1, -0.05) is 36.4 Å². The Labute approximate surface area is 180 Å². The SMILES string of the molecule is N#Cc1cccc(NC(=O)COC(=O)C2CCN(C(=O)/C=C/c3ccccc3)CC2)c1. The lowest BCUT2D eigenvalue weighted by Crippen LogP contribution is -2.40. The van der Waals surface area contributed by atoms with E-state index in [1.807, 2.05) is 36.4 Å². The van der Waals surface area contributed by atoms with E-state index in [2.05, 4.69) is 5.32 Å². The van der Waals surface area contributed by atoms with Crippen molar-refractivity contribution >= 4 is 29.5 Å². The maximum Gasteiger partial charge on any atom is 0.309 e. The first-order chi connectivity index (χ1) is 15.0. The van der Waals surface area contributed by atoms with Gasteiger partial charge in [0, 0.05) is 24.9 Å². The summed E-state index contributed by atoms with van der Waals surface area (Å²) >= 11 is 0. The number of carbonyl (C=O) groups is 3. The number of esters is 1. The van der Waals surface area contributed by atoms with Crippen molar-refractivity contribution < 1.29 is 19.1 Å². The number of rotatable bonds is 6. The fourth-order valence-electron chi connectivity index (χ4n) is 3.29. The molecule has 7 heteroatoms. The maximum atomic E-state index is 12.3. The van der Waals surface area contributed by atoms with Gasteiger partial charge in [-0.25, -0.2) is 0 Å². The second kappa shape index (κ2) is 10.7. The molecule has 0 radical (unpaired) electrons. The molecule has 31 heavy (non-hydrogen) atoms. The average molecular weight is 417 g/mol. The predicted molar refractivity (Wildman–Crippen MR) is 116 cm³/mol. The van der Waals surface area contributed by atoms with Crippen molar-refractivity contribution in [1.29, 1.82) is 5.26 Å². The molecule has 7 nitrogen and oxygen atoms in total. The van der Waals surface area contributed by atoms with Gasteiger partial charge in [0.15, 0.2) is 6.61 Å². The van der Waals surface area contributed by atoms with Gasteiger partial charge in [-0.05, 0) is 42.7 Å². The van der Waals surface area contributed by atoms with Gasteiger partial charge in [0.1, 0.15) is 0 Å². The van der Waals surface area contributed by atoms with Crippen molar-refractivity contribution in [2.24, 2.45) is 5.92 Å². The molecule has 1 saturated heterocycles. The molecule has 1 N–H and O–H groups in total. The van der Waals surface area contributed by atoms with Crippen LogP contribution in [0.25, 0.3) is 6.08 Å². The van der Waals surface area contributed by atoms with E-state index in [-0.39, 0.29) is 11.8 Å².